The standard InChI is InChI=1S/2Cr.H2O4S.H2O/c;;1-5(2,3)4;/h;;(H2,1,2,3,4);1H2. The minimum absolute atomic E-state index is 0. The van der Waals surface area contributed by atoms with Crippen LogP contribution in [-0.2, 0) is 45.1 Å². The van der Waals surface area contributed by atoms with Crippen molar-refractivity contribution in [3.8, 4) is 0 Å². The van der Waals surface area contributed by atoms with Crippen molar-refractivity contribution in [3.05, 3.63) is 0 Å². The fourth-order valence-corrected chi connectivity index (χ4v) is 0. The Morgan fingerprint density at radius 3 is 1.00 bits per heavy atom. The van der Waals surface area contributed by atoms with Crippen LogP contribution in [0.5, 0.6) is 0 Å². The first-order chi connectivity index (χ1) is 2.00. The molecule has 0 bridgehead atoms. The summed E-state index contributed by atoms with van der Waals surface area (Å²) in [7, 11) is -4.67. The van der Waals surface area contributed by atoms with Crippen molar-refractivity contribution in [1.82, 2.24) is 0 Å². The summed E-state index contributed by atoms with van der Waals surface area (Å²) in [6.45, 7) is 0. The SMILES string of the molecule is O.O=S(=O)(O)O.[Cr].[Cr]. The molecule has 0 rings (SSSR count). The summed E-state index contributed by atoms with van der Waals surface area (Å²) in [5.41, 5.74) is 0. The molecule has 0 amide bonds. The summed E-state index contributed by atoms with van der Waals surface area (Å²) in [5.74, 6) is 0. The molecule has 52 valence electrons. The van der Waals surface area contributed by atoms with E-state index in [9.17, 15) is 0 Å². The van der Waals surface area contributed by atoms with Gasteiger partial charge in [0.1, 0.15) is 0 Å². The van der Waals surface area contributed by atoms with Crippen LogP contribution in [0.1, 0.15) is 0 Å². The maximum absolute atomic E-state index is 8.74. The first-order valence-electron chi connectivity index (χ1n) is 0.698. The average Bonchev–Trinajstić information content (AvgIpc) is 0.722. The summed E-state index contributed by atoms with van der Waals surface area (Å²) in [5, 5.41) is 0. The molecular weight excluding hydrogens is 216 g/mol. The first kappa shape index (κ1) is 23.1. The van der Waals surface area contributed by atoms with Crippen molar-refractivity contribution < 1.29 is 57.7 Å². The Bertz CT molecular complexity index is 93.6. The Kier molecular flexibility index (Phi) is 22.8. The van der Waals surface area contributed by atoms with Crippen molar-refractivity contribution in [2.24, 2.45) is 0 Å². The molecule has 4 N–H and O–H groups in total. The Labute approximate surface area is 68.2 Å². The minimum atomic E-state index is -4.67. The summed E-state index contributed by atoms with van der Waals surface area (Å²) in [4.78, 5) is 0. The second-order valence-electron chi connectivity index (χ2n) is 0.448. The Balaban J connectivity index is -0.0000000267. The van der Waals surface area contributed by atoms with E-state index < -0.39 is 10.4 Å². The van der Waals surface area contributed by atoms with E-state index in [1.165, 1.54) is 0 Å². The molecule has 0 aliphatic carbocycles. The molecule has 0 fully saturated rings. The van der Waals surface area contributed by atoms with Gasteiger partial charge in [0, 0.05) is 34.7 Å². The predicted octanol–water partition coefficient (Wildman–Crippen LogP) is -1.48. The zero-order valence-corrected chi connectivity index (χ0v) is 6.80. The van der Waals surface area contributed by atoms with E-state index in [0.717, 1.165) is 0 Å². The number of hydrogen-bond acceptors (Lipinski definition) is 2. The second kappa shape index (κ2) is 7.89. The molecule has 0 heterocycles. The minimum Gasteiger partial charge on any atom is -0.412 e. The maximum atomic E-state index is 8.74. The fraction of sp³-hybridized carbons (Fsp3) is 0. The molecule has 0 aromatic carbocycles. The van der Waals surface area contributed by atoms with Gasteiger partial charge in [0.05, 0.1) is 0 Å². The third kappa shape index (κ3) is 299. The zero-order valence-electron chi connectivity index (χ0n) is 3.44. The van der Waals surface area contributed by atoms with Crippen LogP contribution in [0.4, 0.5) is 0 Å². The normalized spacial score (nSPS) is 7.25. The molecule has 0 aromatic heterocycles. The number of hydrogen-bond donors (Lipinski definition) is 2. The molecule has 0 aliphatic heterocycles. The van der Waals surface area contributed by atoms with Crippen molar-refractivity contribution >= 4 is 10.4 Å². The van der Waals surface area contributed by atoms with Crippen LogP contribution < -0.4 is 0 Å². The fourth-order valence-electron chi connectivity index (χ4n) is 0. The molecule has 0 saturated heterocycles. The molecule has 0 radical (unpaired) electrons. The van der Waals surface area contributed by atoms with Gasteiger partial charge < -0.3 is 5.48 Å². The van der Waals surface area contributed by atoms with Gasteiger partial charge in [0.15, 0.2) is 0 Å². The third-order valence-corrected chi connectivity index (χ3v) is 0. The molecule has 0 spiro atoms. The van der Waals surface area contributed by atoms with Crippen LogP contribution in [0.15, 0.2) is 0 Å². The van der Waals surface area contributed by atoms with E-state index >= 15 is 0 Å². The Morgan fingerprint density at radius 2 is 1.00 bits per heavy atom. The summed E-state index contributed by atoms with van der Waals surface area (Å²) >= 11 is 0. The largest absolute Gasteiger partial charge is 0.412 e. The van der Waals surface area contributed by atoms with E-state index in [1.807, 2.05) is 0 Å². The quantitative estimate of drug-likeness (QED) is 0.485. The van der Waals surface area contributed by atoms with Crippen LogP contribution >= 0.6 is 0 Å². The van der Waals surface area contributed by atoms with Crippen LogP contribution in [0.25, 0.3) is 0 Å². The second-order valence-corrected chi connectivity index (χ2v) is 1.34. The molecule has 8 heteroatoms. The smallest absolute Gasteiger partial charge is 0.394 e. The van der Waals surface area contributed by atoms with Crippen molar-refractivity contribution in [2.75, 3.05) is 0 Å². The molecule has 8 heavy (non-hydrogen) atoms. The van der Waals surface area contributed by atoms with Gasteiger partial charge in [-0.2, -0.15) is 8.42 Å². The van der Waals surface area contributed by atoms with Crippen LogP contribution in [0, 0.1) is 0 Å². The molecule has 0 unspecified atom stereocenters. The molecule has 5 nitrogen and oxygen atoms in total. The first-order valence-corrected chi connectivity index (χ1v) is 2.10. The zero-order chi connectivity index (χ0) is 4.50. The van der Waals surface area contributed by atoms with Gasteiger partial charge >= 0.3 is 10.4 Å². The van der Waals surface area contributed by atoms with E-state index in [4.69, 9.17) is 17.5 Å². The van der Waals surface area contributed by atoms with Crippen molar-refractivity contribution in [1.29, 1.82) is 0 Å². The van der Waals surface area contributed by atoms with Gasteiger partial charge in [0.2, 0.25) is 0 Å². The van der Waals surface area contributed by atoms with Gasteiger partial charge in [-0.15, -0.1) is 0 Å². The maximum Gasteiger partial charge on any atom is 0.394 e. The summed E-state index contributed by atoms with van der Waals surface area (Å²) < 4.78 is 31.6. The summed E-state index contributed by atoms with van der Waals surface area (Å²) in [6.07, 6.45) is 0. The Hall–Kier alpha value is 0.895. The molecule has 0 atom stereocenters. The van der Waals surface area contributed by atoms with E-state index in [-0.39, 0.29) is 40.2 Å². The molecule has 0 saturated carbocycles. The average molecular weight is 220 g/mol. The van der Waals surface area contributed by atoms with Gasteiger partial charge in [-0.25, -0.2) is 0 Å². The van der Waals surface area contributed by atoms with Crippen molar-refractivity contribution in [2.45, 2.75) is 0 Å². The predicted molar refractivity (Wildman–Crippen MR) is 17.8 cm³/mol. The Morgan fingerprint density at radius 1 is 1.00 bits per heavy atom. The van der Waals surface area contributed by atoms with Crippen LogP contribution in [-0.4, -0.2) is 23.0 Å². The van der Waals surface area contributed by atoms with Gasteiger partial charge in [-0.05, 0) is 0 Å². The van der Waals surface area contributed by atoms with E-state index in [0.29, 0.717) is 0 Å². The van der Waals surface area contributed by atoms with E-state index in [2.05, 4.69) is 0 Å². The molecule has 0 aliphatic rings. The van der Waals surface area contributed by atoms with Crippen LogP contribution in [0.2, 0.25) is 0 Å². The molecular formula is H4Cr2O5S. The van der Waals surface area contributed by atoms with Gasteiger partial charge in [-0.3, -0.25) is 9.11 Å². The summed E-state index contributed by atoms with van der Waals surface area (Å²) in [6, 6.07) is 0. The van der Waals surface area contributed by atoms with E-state index in [1.54, 1.807) is 0 Å². The monoisotopic (exact) mass is 220 g/mol. The number of rotatable bonds is 0. The van der Waals surface area contributed by atoms with Gasteiger partial charge in [-0.1, -0.05) is 0 Å². The topological polar surface area (TPSA) is 106 Å². The van der Waals surface area contributed by atoms with Crippen molar-refractivity contribution in [3.63, 3.8) is 0 Å². The third-order valence-electron chi connectivity index (χ3n) is 0. The van der Waals surface area contributed by atoms with Gasteiger partial charge in [0.25, 0.3) is 0 Å². The molecule has 0 aromatic rings. The van der Waals surface area contributed by atoms with Crippen LogP contribution in [0.3, 0.4) is 0 Å².